The summed E-state index contributed by atoms with van der Waals surface area (Å²) >= 11 is 6.02. The molecular weight excluding hydrogens is 354 g/mol. The third-order valence-corrected chi connectivity index (χ3v) is 4.91. The lowest BCUT2D eigenvalue weighted by molar-refractivity contribution is 0.0748. The number of phenols is 1. The number of aromatic hydroxyl groups is 1. The van der Waals surface area contributed by atoms with Crippen LogP contribution < -0.4 is 0 Å². The molecule has 0 atom stereocenters. The first-order chi connectivity index (χ1) is 12.5. The summed E-state index contributed by atoms with van der Waals surface area (Å²) in [5, 5.41) is 18.2. The Balaban J connectivity index is 1.71. The molecule has 0 saturated carbocycles. The van der Waals surface area contributed by atoms with E-state index in [1.54, 1.807) is 17.9 Å². The third-order valence-electron chi connectivity index (χ3n) is 4.67. The SMILES string of the molecule is CCC(=O)c1n[nH]c2cc(O)c(C(=O)N3Cc4ccc(Cl)cc4C3)cc12. The van der Waals surface area contributed by atoms with E-state index in [-0.39, 0.29) is 28.7 Å². The number of fused-ring (bicyclic) bond motifs is 2. The van der Waals surface area contributed by atoms with Crippen molar-refractivity contribution in [1.29, 1.82) is 0 Å². The van der Waals surface area contributed by atoms with Crippen LogP contribution in [0.2, 0.25) is 5.02 Å². The van der Waals surface area contributed by atoms with Gasteiger partial charge in [0, 0.05) is 36.0 Å². The first-order valence-corrected chi connectivity index (χ1v) is 8.66. The van der Waals surface area contributed by atoms with Gasteiger partial charge in [-0.2, -0.15) is 5.10 Å². The van der Waals surface area contributed by atoms with E-state index >= 15 is 0 Å². The maximum Gasteiger partial charge on any atom is 0.258 e. The molecule has 0 radical (unpaired) electrons. The number of phenolic OH excluding ortho intramolecular Hbond substituents is 1. The number of aromatic nitrogens is 2. The Morgan fingerprint density at radius 2 is 2.00 bits per heavy atom. The highest BCUT2D eigenvalue weighted by atomic mass is 35.5. The minimum Gasteiger partial charge on any atom is -0.507 e. The van der Waals surface area contributed by atoms with Crippen LogP contribution in [0.3, 0.4) is 0 Å². The van der Waals surface area contributed by atoms with E-state index in [2.05, 4.69) is 10.2 Å². The van der Waals surface area contributed by atoms with Crippen molar-refractivity contribution in [2.45, 2.75) is 26.4 Å². The predicted octanol–water partition coefficient (Wildman–Crippen LogP) is 3.67. The second-order valence-corrected chi connectivity index (χ2v) is 6.77. The van der Waals surface area contributed by atoms with Crippen molar-refractivity contribution < 1.29 is 14.7 Å². The van der Waals surface area contributed by atoms with E-state index in [0.29, 0.717) is 35.4 Å². The van der Waals surface area contributed by atoms with E-state index in [1.807, 2.05) is 12.1 Å². The number of benzene rings is 2. The molecule has 4 rings (SSSR count). The average molecular weight is 370 g/mol. The molecular formula is C19H16ClN3O3. The molecule has 0 bridgehead atoms. The van der Waals surface area contributed by atoms with Crippen LogP contribution in [0.25, 0.3) is 10.9 Å². The zero-order chi connectivity index (χ0) is 18.4. The van der Waals surface area contributed by atoms with Gasteiger partial charge in [0.1, 0.15) is 11.4 Å². The average Bonchev–Trinajstić information content (AvgIpc) is 3.22. The zero-order valence-electron chi connectivity index (χ0n) is 14.0. The van der Waals surface area contributed by atoms with Gasteiger partial charge in [-0.05, 0) is 29.3 Å². The first-order valence-electron chi connectivity index (χ1n) is 8.28. The van der Waals surface area contributed by atoms with E-state index in [0.717, 1.165) is 11.1 Å². The summed E-state index contributed by atoms with van der Waals surface area (Å²) in [6, 6.07) is 8.52. The van der Waals surface area contributed by atoms with Crippen molar-refractivity contribution in [3.63, 3.8) is 0 Å². The smallest absolute Gasteiger partial charge is 0.258 e. The number of carbonyl (C=O) groups is 2. The molecule has 0 aliphatic carbocycles. The molecule has 0 unspecified atom stereocenters. The van der Waals surface area contributed by atoms with Gasteiger partial charge in [-0.25, -0.2) is 0 Å². The number of hydrogen-bond donors (Lipinski definition) is 2. The highest BCUT2D eigenvalue weighted by Gasteiger charge is 2.27. The molecule has 26 heavy (non-hydrogen) atoms. The maximum absolute atomic E-state index is 13.0. The van der Waals surface area contributed by atoms with Crippen LogP contribution in [0.1, 0.15) is 45.3 Å². The molecule has 3 aromatic rings. The molecule has 0 fully saturated rings. The molecule has 6 nitrogen and oxygen atoms in total. The minimum absolute atomic E-state index is 0.122. The lowest BCUT2D eigenvalue weighted by Crippen LogP contribution is -2.25. The molecule has 1 aromatic heterocycles. The van der Waals surface area contributed by atoms with Crippen molar-refractivity contribution in [2.75, 3.05) is 0 Å². The number of ketones is 1. The van der Waals surface area contributed by atoms with Gasteiger partial charge in [-0.1, -0.05) is 24.6 Å². The van der Waals surface area contributed by atoms with Gasteiger partial charge in [0.15, 0.2) is 5.78 Å². The molecule has 0 spiro atoms. The number of amides is 1. The first kappa shape index (κ1) is 16.6. The Labute approximate surface area is 154 Å². The van der Waals surface area contributed by atoms with Crippen LogP contribution in [-0.4, -0.2) is 31.9 Å². The monoisotopic (exact) mass is 369 g/mol. The molecule has 1 aliphatic rings. The molecule has 1 aliphatic heterocycles. The van der Waals surface area contributed by atoms with Gasteiger partial charge in [-0.3, -0.25) is 14.7 Å². The van der Waals surface area contributed by atoms with Crippen LogP contribution >= 0.6 is 11.6 Å². The summed E-state index contributed by atoms with van der Waals surface area (Å²) in [6.07, 6.45) is 0.312. The number of aromatic amines is 1. The zero-order valence-corrected chi connectivity index (χ0v) is 14.8. The third kappa shape index (κ3) is 2.63. The Bertz CT molecular complexity index is 1060. The number of carbonyl (C=O) groups excluding carboxylic acids is 2. The molecule has 7 heteroatoms. The second-order valence-electron chi connectivity index (χ2n) is 6.34. The summed E-state index contributed by atoms with van der Waals surface area (Å²) in [7, 11) is 0. The second kappa shape index (κ2) is 6.14. The normalized spacial score (nSPS) is 13.2. The number of H-pyrrole nitrogens is 1. The van der Waals surface area contributed by atoms with E-state index in [9.17, 15) is 14.7 Å². The highest BCUT2D eigenvalue weighted by Crippen LogP contribution is 2.31. The minimum atomic E-state index is -0.298. The summed E-state index contributed by atoms with van der Waals surface area (Å²) in [6.45, 7) is 2.63. The van der Waals surface area contributed by atoms with Gasteiger partial charge < -0.3 is 10.0 Å². The standard InChI is InChI=1S/C19H16ClN3O3/c1-2-16(24)18-13-6-14(17(25)7-15(13)21-22-18)19(26)23-8-10-3-4-12(20)5-11(10)9-23/h3-7,25H,2,8-9H2,1H3,(H,21,22). The molecule has 132 valence electrons. The lowest BCUT2D eigenvalue weighted by atomic mass is 10.1. The van der Waals surface area contributed by atoms with Crippen molar-refractivity contribution in [1.82, 2.24) is 15.1 Å². The summed E-state index contributed by atoms with van der Waals surface area (Å²) < 4.78 is 0. The number of nitrogens with zero attached hydrogens (tertiary/aromatic N) is 2. The Morgan fingerprint density at radius 3 is 2.77 bits per heavy atom. The van der Waals surface area contributed by atoms with Crippen LogP contribution in [0.15, 0.2) is 30.3 Å². The summed E-state index contributed by atoms with van der Waals surface area (Å²) in [4.78, 5) is 26.6. The Morgan fingerprint density at radius 1 is 1.23 bits per heavy atom. The number of halogens is 1. The van der Waals surface area contributed by atoms with Crippen molar-refractivity contribution >= 4 is 34.2 Å². The Kier molecular flexibility index (Phi) is 3.92. The molecule has 2 aromatic carbocycles. The van der Waals surface area contributed by atoms with Crippen molar-refractivity contribution in [3.8, 4) is 5.75 Å². The van der Waals surface area contributed by atoms with E-state index < -0.39 is 0 Å². The molecule has 2 heterocycles. The van der Waals surface area contributed by atoms with Gasteiger partial charge >= 0.3 is 0 Å². The topological polar surface area (TPSA) is 86.3 Å². The Hall–Kier alpha value is -2.86. The summed E-state index contributed by atoms with van der Waals surface area (Å²) in [5.74, 6) is -0.563. The van der Waals surface area contributed by atoms with Crippen LogP contribution in [0.5, 0.6) is 5.75 Å². The van der Waals surface area contributed by atoms with Crippen molar-refractivity contribution in [3.05, 3.63) is 57.7 Å². The van der Waals surface area contributed by atoms with E-state index in [1.165, 1.54) is 12.1 Å². The van der Waals surface area contributed by atoms with Gasteiger partial charge in [0.2, 0.25) is 0 Å². The van der Waals surface area contributed by atoms with E-state index in [4.69, 9.17) is 11.6 Å². The fraction of sp³-hybridized carbons (Fsp3) is 0.211. The number of Topliss-reactive ketones (excluding diaryl/α,β-unsaturated/α-hetero) is 1. The fourth-order valence-corrected chi connectivity index (χ4v) is 3.48. The maximum atomic E-state index is 13.0. The molecule has 0 saturated heterocycles. The van der Waals surface area contributed by atoms with Gasteiger partial charge in [0.05, 0.1) is 11.1 Å². The predicted molar refractivity (Wildman–Crippen MR) is 97.4 cm³/mol. The molecule has 1 amide bonds. The largest absolute Gasteiger partial charge is 0.507 e. The van der Waals surface area contributed by atoms with Crippen molar-refractivity contribution in [2.24, 2.45) is 0 Å². The van der Waals surface area contributed by atoms with Crippen LogP contribution in [0, 0.1) is 0 Å². The van der Waals surface area contributed by atoms with Crippen LogP contribution in [-0.2, 0) is 13.1 Å². The number of nitrogens with one attached hydrogen (secondary N) is 1. The lowest BCUT2D eigenvalue weighted by Gasteiger charge is -2.16. The molecule has 2 N–H and O–H groups in total. The number of rotatable bonds is 3. The fourth-order valence-electron chi connectivity index (χ4n) is 3.28. The quantitative estimate of drug-likeness (QED) is 0.689. The number of hydrogen-bond acceptors (Lipinski definition) is 4. The van der Waals surface area contributed by atoms with Gasteiger partial charge in [-0.15, -0.1) is 0 Å². The summed E-state index contributed by atoms with van der Waals surface area (Å²) in [5.41, 5.74) is 2.99. The van der Waals surface area contributed by atoms with Crippen LogP contribution in [0.4, 0.5) is 0 Å². The van der Waals surface area contributed by atoms with Gasteiger partial charge in [0.25, 0.3) is 5.91 Å². The highest BCUT2D eigenvalue weighted by molar-refractivity contribution is 6.30.